The second kappa shape index (κ2) is 6.07. The van der Waals surface area contributed by atoms with Gasteiger partial charge in [0.1, 0.15) is 10.6 Å². The van der Waals surface area contributed by atoms with Gasteiger partial charge in [0.05, 0.1) is 0 Å². The topological polar surface area (TPSA) is 80.2 Å². The number of hydrogen-bond acceptors (Lipinski definition) is 3. The van der Waals surface area contributed by atoms with Crippen LogP contribution in [0.25, 0.3) is 0 Å². The molecule has 1 heterocycles. The molecular formula is C17H21N3O3S. The van der Waals surface area contributed by atoms with Gasteiger partial charge in [-0.15, -0.1) is 0 Å². The van der Waals surface area contributed by atoms with Crippen molar-refractivity contribution in [3.05, 3.63) is 53.9 Å². The van der Waals surface area contributed by atoms with Gasteiger partial charge in [-0.2, -0.15) is 0 Å². The molecule has 0 bridgehead atoms. The molecule has 0 atom stereocenters. The van der Waals surface area contributed by atoms with Gasteiger partial charge in [-0.3, -0.25) is 4.79 Å². The lowest BCUT2D eigenvalue weighted by Gasteiger charge is -2.16. The normalized spacial score (nSPS) is 15.9. The second-order valence-corrected chi connectivity index (χ2v) is 7.99. The maximum Gasteiger partial charge on any atom is 0.267 e. The monoisotopic (exact) mass is 347 g/mol. The molecular weight excluding hydrogens is 326 g/mol. The van der Waals surface area contributed by atoms with Crippen molar-refractivity contribution in [2.75, 3.05) is 13.6 Å². The number of hydrogen-bond donors (Lipinski definition) is 2. The summed E-state index contributed by atoms with van der Waals surface area (Å²) in [5.41, 5.74) is 1.36. The first-order valence-electron chi connectivity index (χ1n) is 7.82. The van der Waals surface area contributed by atoms with Crippen molar-refractivity contribution in [1.29, 1.82) is 0 Å². The average molecular weight is 347 g/mol. The fourth-order valence-electron chi connectivity index (χ4n) is 2.86. The minimum atomic E-state index is -3.66. The Morgan fingerprint density at radius 1 is 1.25 bits per heavy atom. The Labute approximate surface area is 141 Å². The minimum absolute atomic E-state index is 0.104. The number of carbonyl (C=O) groups excluding carboxylic acids is 1. The molecule has 0 radical (unpaired) electrons. The molecule has 0 spiro atoms. The van der Waals surface area contributed by atoms with Crippen LogP contribution in [0.1, 0.15) is 28.9 Å². The van der Waals surface area contributed by atoms with E-state index in [9.17, 15) is 13.2 Å². The maximum atomic E-state index is 12.6. The van der Waals surface area contributed by atoms with Gasteiger partial charge in [-0.25, -0.2) is 13.1 Å². The summed E-state index contributed by atoms with van der Waals surface area (Å²) in [5.74, 6) is -0.318. The van der Waals surface area contributed by atoms with Gasteiger partial charge >= 0.3 is 0 Å². The first kappa shape index (κ1) is 16.7. The van der Waals surface area contributed by atoms with Crippen molar-refractivity contribution < 1.29 is 13.2 Å². The van der Waals surface area contributed by atoms with E-state index in [-0.39, 0.29) is 16.2 Å². The first-order chi connectivity index (χ1) is 11.4. The highest BCUT2D eigenvalue weighted by atomic mass is 32.2. The van der Waals surface area contributed by atoms with Crippen LogP contribution in [-0.2, 0) is 22.5 Å². The van der Waals surface area contributed by atoms with Gasteiger partial charge in [0.15, 0.2) is 0 Å². The number of benzene rings is 1. The van der Waals surface area contributed by atoms with E-state index >= 15 is 0 Å². The molecule has 7 heteroatoms. The molecule has 1 aromatic heterocycles. The van der Waals surface area contributed by atoms with E-state index in [4.69, 9.17) is 0 Å². The van der Waals surface area contributed by atoms with Gasteiger partial charge < -0.3 is 9.88 Å². The molecule has 2 N–H and O–H groups in total. The molecule has 1 aromatic carbocycles. The van der Waals surface area contributed by atoms with Crippen molar-refractivity contribution in [1.82, 2.24) is 14.6 Å². The van der Waals surface area contributed by atoms with Crippen LogP contribution in [0.15, 0.2) is 47.5 Å². The van der Waals surface area contributed by atoms with Crippen LogP contribution >= 0.6 is 0 Å². The molecule has 128 valence electrons. The van der Waals surface area contributed by atoms with Gasteiger partial charge in [0.2, 0.25) is 10.0 Å². The number of aromatic nitrogens is 1. The summed E-state index contributed by atoms with van der Waals surface area (Å²) >= 11 is 0. The van der Waals surface area contributed by atoms with E-state index < -0.39 is 10.0 Å². The summed E-state index contributed by atoms with van der Waals surface area (Å²) < 4.78 is 29.3. The smallest absolute Gasteiger partial charge is 0.267 e. The molecule has 3 rings (SSSR count). The van der Waals surface area contributed by atoms with Crippen molar-refractivity contribution >= 4 is 15.9 Å². The Morgan fingerprint density at radius 3 is 2.50 bits per heavy atom. The van der Waals surface area contributed by atoms with Gasteiger partial charge in [-0.1, -0.05) is 30.3 Å². The van der Waals surface area contributed by atoms with Crippen LogP contribution in [0.4, 0.5) is 0 Å². The lowest BCUT2D eigenvalue weighted by Crippen LogP contribution is -2.32. The Morgan fingerprint density at radius 2 is 1.92 bits per heavy atom. The highest BCUT2D eigenvalue weighted by Gasteiger charge is 2.44. The highest BCUT2D eigenvalue weighted by molar-refractivity contribution is 7.89. The Kier molecular flexibility index (Phi) is 4.23. The van der Waals surface area contributed by atoms with E-state index in [0.717, 1.165) is 18.4 Å². The largest absolute Gasteiger partial charge is 0.354 e. The molecule has 1 aliphatic carbocycles. The molecule has 6 nitrogen and oxygen atoms in total. The predicted octanol–water partition coefficient (Wildman–Crippen LogP) is 1.39. The molecule has 0 saturated heterocycles. The van der Waals surface area contributed by atoms with Crippen molar-refractivity contribution in [2.24, 2.45) is 7.05 Å². The van der Waals surface area contributed by atoms with Crippen LogP contribution in [0.2, 0.25) is 0 Å². The zero-order chi connectivity index (χ0) is 17.4. The Hall–Kier alpha value is -2.12. The number of amides is 1. The number of nitrogens with one attached hydrogen (secondary N) is 2. The van der Waals surface area contributed by atoms with E-state index in [1.54, 1.807) is 7.05 Å². The molecule has 2 aromatic rings. The molecule has 1 fully saturated rings. The van der Waals surface area contributed by atoms with Crippen LogP contribution in [0.5, 0.6) is 0 Å². The van der Waals surface area contributed by atoms with Crippen molar-refractivity contribution in [2.45, 2.75) is 23.2 Å². The fourth-order valence-corrected chi connectivity index (χ4v) is 4.06. The number of sulfonamides is 1. The van der Waals surface area contributed by atoms with Crippen LogP contribution in [0.3, 0.4) is 0 Å². The average Bonchev–Trinajstić information content (AvgIpc) is 3.28. The van der Waals surface area contributed by atoms with Gasteiger partial charge in [0, 0.05) is 32.3 Å². The quantitative estimate of drug-likeness (QED) is 0.829. The highest BCUT2D eigenvalue weighted by Crippen LogP contribution is 2.47. The zero-order valence-corrected chi connectivity index (χ0v) is 14.6. The summed E-state index contributed by atoms with van der Waals surface area (Å²) in [7, 11) is -0.495. The third kappa shape index (κ3) is 3.09. The lowest BCUT2D eigenvalue weighted by atomic mass is 9.96. The van der Waals surface area contributed by atoms with E-state index in [2.05, 4.69) is 10.0 Å². The lowest BCUT2D eigenvalue weighted by molar-refractivity contribution is 0.0955. The standard InChI is InChI=1S/C17H21N3O3S/c1-18-16(21)15-10-14(11-20(15)2)24(22,23)19-12-17(8-9-17)13-6-4-3-5-7-13/h3-7,10-11,19H,8-9,12H2,1-2H3,(H,18,21). The Bertz CT molecular complexity index is 852. The van der Waals surface area contributed by atoms with E-state index in [1.807, 2.05) is 30.3 Å². The van der Waals surface area contributed by atoms with Crippen LogP contribution in [-0.4, -0.2) is 32.5 Å². The van der Waals surface area contributed by atoms with Crippen molar-refractivity contribution in [3.63, 3.8) is 0 Å². The van der Waals surface area contributed by atoms with Crippen molar-refractivity contribution in [3.8, 4) is 0 Å². The number of nitrogens with zero attached hydrogens (tertiary/aromatic N) is 1. The minimum Gasteiger partial charge on any atom is -0.354 e. The predicted molar refractivity (Wildman–Crippen MR) is 91.3 cm³/mol. The number of rotatable bonds is 6. The molecule has 24 heavy (non-hydrogen) atoms. The van der Waals surface area contributed by atoms with Crippen LogP contribution < -0.4 is 10.0 Å². The fraction of sp³-hybridized carbons (Fsp3) is 0.353. The number of aryl methyl sites for hydroxylation is 1. The molecule has 0 aliphatic heterocycles. The summed E-state index contributed by atoms with van der Waals surface area (Å²) in [6, 6.07) is 11.4. The first-order valence-corrected chi connectivity index (χ1v) is 9.30. The molecule has 0 unspecified atom stereocenters. The third-order valence-electron chi connectivity index (χ3n) is 4.59. The van der Waals surface area contributed by atoms with E-state index in [1.165, 1.54) is 23.9 Å². The number of carbonyl (C=O) groups is 1. The summed E-state index contributed by atoms with van der Waals surface area (Å²) in [4.78, 5) is 11.8. The van der Waals surface area contributed by atoms with Gasteiger partial charge in [-0.05, 0) is 24.5 Å². The summed E-state index contributed by atoms with van der Waals surface area (Å²) in [6.45, 7) is 0.365. The molecule has 1 aliphatic rings. The summed E-state index contributed by atoms with van der Waals surface area (Å²) in [6.07, 6.45) is 3.39. The van der Waals surface area contributed by atoms with Gasteiger partial charge in [0.25, 0.3) is 5.91 Å². The second-order valence-electron chi connectivity index (χ2n) is 6.22. The SMILES string of the molecule is CNC(=O)c1cc(S(=O)(=O)NCC2(c3ccccc3)CC2)cn1C. The summed E-state index contributed by atoms with van der Waals surface area (Å²) in [5, 5.41) is 2.50. The molecule has 1 amide bonds. The van der Waals surface area contributed by atoms with Crippen LogP contribution in [0, 0.1) is 0 Å². The van der Waals surface area contributed by atoms with E-state index in [0.29, 0.717) is 12.2 Å². The Balaban J connectivity index is 1.77. The maximum absolute atomic E-state index is 12.6. The zero-order valence-electron chi connectivity index (χ0n) is 13.7. The third-order valence-corrected chi connectivity index (χ3v) is 5.96. The molecule has 1 saturated carbocycles.